The fourth-order valence-corrected chi connectivity index (χ4v) is 3.22. The summed E-state index contributed by atoms with van der Waals surface area (Å²) in [7, 11) is 0. The first-order valence-electron chi connectivity index (χ1n) is 10.7. The van der Waals surface area contributed by atoms with E-state index in [2.05, 4.69) is 66.6 Å². The average molecular weight is 391 g/mol. The van der Waals surface area contributed by atoms with E-state index in [1.54, 1.807) is 0 Å². The summed E-state index contributed by atoms with van der Waals surface area (Å²) < 4.78 is 11.2. The molecular weight excluding hydrogens is 352 g/mol. The monoisotopic (exact) mass is 390 g/mol. The predicted octanol–water partition coefficient (Wildman–Crippen LogP) is 2.68. The van der Waals surface area contributed by atoms with Gasteiger partial charge in [0.1, 0.15) is 0 Å². The number of benzene rings is 1. The van der Waals surface area contributed by atoms with Crippen LogP contribution < -0.4 is 10.6 Å². The normalized spacial score (nSPS) is 16.9. The average Bonchev–Trinajstić information content (AvgIpc) is 2.72. The van der Waals surface area contributed by atoms with Crippen molar-refractivity contribution < 1.29 is 9.47 Å². The summed E-state index contributed by atoms with van der Waals surface area (Å²) in [5.74, 6) is 1.46. The number of hydrogen-bond acceptors (Lipinski definition) is 4. The van der Waals surface area contributed by atoms with Crippen molar-refractivity contribution in [2.24, 2.45) is 10.9 Å². The zero-order valence-electron chi connectivity index (χ0n) is 17.8. The second-order valence-corrected chi connectivity index (χ2v) is 7.54. The molecule has 6 nitrogen and oxygen atoms in total. The lowest BCUT2D eigenvalue weighted by Crippen LogP contribution is -2.42. The molecule has 2 N–H and O–H groups in total. The molecule has 1 heterocycles. The molecule has 1 aliphatic rings. The van der Waals surface area contributed by atoms with Crippen LogP contribution in [0.15, 0.2) is 35.3 Å². The van der Waals surface area contributed by atoms with Gasteiger partial charge in [-0.05, 0) is 24.8 Å². The van der Waals surface area contributed by atoms with E-state index in [4.69, 9.17) is 14.5 Å². The molecular formula is C22H38N4O2. The molecule has 0 radical (unpaired) electrons. The maximum atomic E-state index is 5.65. The first-order chi connectivity index (χ1) is 13.7. The number of rotatable bonds is 11. The highest BCUT2D eigenvalue weighted by Crippen LogP contribution is 2.22. The molecule has 28 heavy (non-hydrogen) atoms. The van der Waals surface area contributed by atoms with E-state index in [0.717, 1.165) is 71.5 Å². The zero-order chi connectivity index (χ0) is 20.0. The van der Waals surface area contributed by atoms with Gasteiger partial charge in [-0.2, -0.15) is 0 Å². The van der Waals surface area contributed by atoms with Gasteiger partial charge in [0.15, 0.2) is 5.96 Å². The van der Waals surface area contributed by atoms with Gasteiger partial charge in [-0.1, -0.05) is 44.2 Å². The minimum absolute atomic E-state index is 0.273. The number of morpholine rings is 1. The molecule has 1 aromatic carbocycles. The van der Waals surface area contributed by atoms with E-state index in [-0.39, 0.29) is 6.04 Å². The summed E-state index contributed by atoms with van der Waals surface area (Å²) in [6.45, 7) is 14.0. The fraction of sp³-hybridized carbons (Fsp3) is 0.682. The Morgan fingerprint density at radius 3 is 2.61 bits per heavy atom. The highest BCUT2D eigenvalue weighted by molar-refractivity contribution is 5.79. The molecule has 1 atom stereocenters. The fourth-order valence-electron chi connectivity index (χ4n) is 3.22. The van der Waals surface area contributed by atoms with E-state index in [1.807, 2.05) is 0 Å². The minimum Gasteiger partial charge on any atom is -0.381 e. The molecule has 0 aromatic heterocycles. The third-order valence-electron chi connectivity index (χ3n) is 4.65. The summed E-state index contributed by atoms with van der Waals surface area (Å²) in [6, 6.07) is 10.9. The van der Waals surface area contributed by atoms with Crippen molar-refractivity contribution in [3.8, 4) is 0 Å². The molecule has 6 heteroatoms. The third kappa shape index (κ3) is 8.59. The SMILES string of the molecule is CCNC(=NCC(c1ccccc1)N1CCOCC1)NCCCOCC(C)C. The molecule has 0 amide bonds. The number of nitrogens with zero attached hydrogens (tertiary/aromatic N) is 2. The van der Waals surface area contributed by atoms with E-state index in [9.17, 15) is 0 Å². The third-order valence-corrected chi connectivity index (χ3v) is 4.65. The number of hydrogen-bond donors (Lipinski definition) is 2. The minimum atomic E-state index is 0.273. The molecule has 1 aromatic rings. The molecule has 0 bridgehead atoms. The second-order valence-electron chi connectivity index (χ2n) is 7.54. The van der Waals surface area contributed by atoms with Crippen LogP contribution in [0.3, 0.4) is 0 Å². The van der Waals surface area contributed by atoms with Crippen molar-refractivity contribution in [1.82, 2.24) is 15.5 Å². The van der Waals surface area contributed by atoms with Gasteiger partial charge in [0.2, 0.25) is 0 Å². The standard InChI is InChI=1S/C22H38N4O2/c1-4-23-22(24-11-8-14-28-18-19(2)3)25-17-21(20-9-6-5-7-10-20)26-12-15-27-16-13-26/h5-7,9-10,19,21H,4,8,11-18H2,1-3H3,(H2,23,24,25). The molecule has 2 rings (SSSR count). The van der Waals surface area contributed by atoms with E-state index in [1.165, 1.54) is 5.56 Å². The van der Waals surface area contributed by atoms with Crippen LogP contribution in [-0.4, -0.2) is 70.0 Å². The Hall–Kier alpha value is -1.63. The van der Waals surface area contributed by atoms with E-state index in [0.29, 0.717) is 5.92 Å². The molecule has 1 saturated heterocycles. The molecule has 1 fully saturated rings. The van der Waals surface area contributed by atoms with Crippen molar-refractivity contribution in [1.29, 1.82) is 0 Å². The van der Waals surface area contributed by atoms with Crippen LogP contribution in [0.25, 0.3) is 0 Å². The quantitative estimate of drug-likeness (QED) is 0.346. The van der Waals surface area contributed by atoms with E-state index >= 15 is 0 Å². The number of aliphatic imine (C=N–C) groups is 1. The molecule has 0 aliphatic carbocycles. The maximum absolute atomic E-state index is 5.65. The van der Waals surface area contributed by atoms with Crippen molar-refractivity contribution in [3.63, 3.8) is 0 Å². The van der Waals surface area contributed by atoms with Gasteiger partial charge in [-0.3, -0.25) is 9.89 Å². The lowest BCUT2D eigenvalue weighted by molar-refractivity contribution is 0.0179. The second kappa shape index (κ2) is 13.5. The number of guanidine groups is 1. The van der Waals surface area contributed by atoms with Crippen LogP contribution in [-0.2, 0) is 9.47 Å². The molecule has 0 spiro atoms. The Balaban J connectivity index is 1.90. The van der Waals surface area contributed by atoms with Crippen LogP contribution in [0, 0.1) is 5.92 Å². The largest absolute Gasteiger partial charge is 0.381 e. The first kappa shape index (κ1) is 22.7. The van der Waals surface area contributed by atoms with Gasteiger partial charge in [-0.25, -0.2) is 0 Å². The molecule has 0 saturated carbocycles. The van der Waals surface area contributed by atoms with Crippen LogP contribution in [0.2, 0.25) is 0 Å². The highest BCUT2D eigenvalue weighted by atomic mass is 16.5. The zero-order valence-corrected chi connectivity index (χ0v) is 17.8. The summed E-state index contributed by atoms with van der Waals surface area (Å²) in [6.07, 6.45) is 0.975. The van der Waals surface area contributed by atoms with Crippen molar-refractivity contribution in [2.45, 2.75) is 33.2 Å². The highest BCUT2D eigenvalue weighted by Gasteiger charge is 2.22. The Morgan fingerprint density at radius 2 is 1.93 bits per heavy atom. The van der Waals surface area contributed by atoms with Gasteiger partial charge in [-0.15, -0.1) is 0 Å². The Morgan fingerprint density at radius 1 is 1.18 bits per heavy atom. The van der Waals surface area contributed by atoms with Gasteiger partial charge < -0.3 is 20.1 Å². The predicted molar refractivity (Wildman–Crippen MR) is 116 cm³/mol. The first-order valence-corrected chi connectivity index (χ1v) is 10.7. The van der Waals surface area contributed by atoms with Crippen LogP contribution in [0.1, 0.15) is 38.8 Å². The summed E-state index contributed by atoms with van der Waals surface area (Å²) in [5.41, 5.74) is 1.31. The van der Waals surface area contributed by atoms with Crippen LogP contribution in [0.5, 0.6) is 0 Å². The molecule has 1 unspecified atom stereocenters. The molecule has 1 aliphatic heterocycles. The summed E-state index contributed by atoms with van der Waals surface area (Å²) in [5, 5.41) is 6.79. The van der Waals surface area contributed by atoms with Gasteiger partial charge >= 0.3 is 0 Å². The molecule has 158 valence electrons. The Kier molecular flexibility index (Phi) is 10.9. The van der Waals surface area contributed by atoms with Crippen molar-refractivity contribution in [2.75, 3.05) is 59.2 Å². The van der Waals surface area contributed by atoms with Crippen molar-refractivity contribution in [3.05, 3.63) is 35.9 Å². The van der Waals surface area contributed by atoms with Crippen LogP contribution in [0.4, 0.5) is 0 Å². The topological polar surface area (TPSA) is 58.1 Å². The smallest absolute Gasteiger partial charge is 0.191 e. The maximum Gasteiger partial charge on any atom is 0.191 e. The Labute approximate surface area is 170 Å². The number of nitrogens with one attached hydrogen (secondary N) is 2. The number of ether oxygens (including phenoxy) is 2. The van der Waals surface area contributed by atoms with Gasteiger partial charge in [0.05, 0.1) is 25.8 Å². The lowest BCUT2D eigenvalue weighted by atomic mass is 10.1. The van der Waals surface area contributed by atoms with Gasteiger partial charge in [0.25, 0.3) is 0 Å². The summed E-state index contributed by atoms with van der Waals surface area (Å²) >= 11 is 0. The van der Waals surface area contributed by atoms with E-state index < -0.39 is 0 Å². The lowest BCUT2D eigenvalue weighted by Gasteiger charge is -2.34. The van der Waals surface area contributed by atoms with Gasteiger partial charge in [0, 0.05) is 39.4 Å². The van der Waals surface area contributed by atoms with Crippen molar-refractivity contribution >= 4 is 5.96 Å². The van der Waals surface area contributed by atoms with Crippen LogP contribution >= 0.6 is 0 Å². The summed E-state index contributed by atoms with van der Waals surface area (Å²) in [4.78, 5) is 7.36. The Bertz CT molecular complexity index is 545.